The van der Waals surface area contributed by atoms with E-state index in [1.54, 1.807) is 13.8 Å². The lowest BCUT2D eigenvalue weighted by molar-refractivity contribution is -0.216. The number of ether oxygens (including phenoxy) is 3. The molecule has 1 amide bonds. The van der Waals surface area contributed by atoms with Crippen molar-refractivity contribution in [2.75, 3.05) is 0 Å². The highest BCUT2D eigenvalue weighted by atomic mass is 16.6. The minimum Gasteiger partial charge on any atom is -0.457 e. The van der Waals surface area contributed by atoms with Crippen molar-refractivity contribution >= 4 is 12.1 Å². The van der Waals surface area contributed by atoms with Crippen LogP contribution < -0.4 is 5.73 Å². The van der Waals surface area contributed by atoms with E-state index in [9.17, 15) is 19.8 Å². The average molecular weight is 576 g/mol. The zero-order valence-corrected chi connectivity index (χ0v) is 26.4. The van der Waals surface area contributed by atoms with Crippen molar-refractivity contribution in [2.24, 2.45) is 56.5 Å². The molecule has 1 aliphatic heterocycles. The summed E-state index contributed by atoms with van der Waals surface area (Å²) in [4.78, 5) is 23.7. The molecule has 1 heterocycles. The highest BCUT2D eigenvalue weighted by molar-refractivity contribution is 5.66. The molecule has 41 heavy (non-hydrogen) atoms. The summed E-state index contributed by atoms with van der Waals surface area (Å²) in [5, 5.41) is 23.3. The van der Waals surface area contributed by atoms with Gasteiger partial charge in [-0.1, -0.05) is 34.6 Å². The molecule has 1 saturated heterocycles. The van der Waals surface area contributed by atoms with Crippen LogP contribution in [0, 0.1) is 50.7 Å². The lowest BCUT2D eigenvalue weighted by Gasteiger charge is -2.63. The van der Waals surface area contributed by atoms with E-state index in [0.29, 0.717) is 18.3 Å². The SMILES string of the molecule is CC(=O)O[C@@H]([C@H]1C[C@@H](C)[C@H]2[C@H](O1)[C@H](O)[C@@]1(C)[C@@H]3CC[C@H]4C(C)(C)[C@@H](OC(N)=O)CC[C@@]45C[C@@]35CC[C@]21C)C(C)(C)O. The molecule has 6 rings (SSSR count). The molecule has 232 valence electrons. The van der Waals surface area contributed by atoms with Crippen LogP contribution in [0.4, 0.5) is 4.79 Å². The van der Waals surface area contributed by atoms with E-state index in [2.05, 4.69) is 34.6 Å². The minimum absolute atomic E-state index is 0.0819. The molecular formula is C33H53NO7. The van der Waals surface area contributed by atoms with Crippen LogP contribution in [0.25, 0.3) is 0 Å². The predicted octanol–water partition coefficient (Wildman–Crippen LogP) is 4.97. The molecule has 0 bridgehead atoms. The molecule has 8 heteroatoms. The number of amides is 1. The van der Waals surface area contributed by atoms with E-state index in [0.717, 1.165) is 32.1 Å². The van der Waals surface area contributed by atoms with Gasteiger partial charge in [0.25, 0.3) is 0 Å². The molecule has 6 fully saturated rings. The van der Waals surface area contributed by atoms with Crippen molar-refractivity contribution in [2.45, 2.75) is 143 Å². The van der Waals surface area contributed by atoms with Crippen LogP contribution in [-0.2, 0) is 19.0 Å². The summed E-state index contributed by atoms with van der Waals surface area (Å²) < 4.78 is 18.1. The highest BCUT2D eigenvalue weighted by Gasteiger charge is 2.84. The lowest BCUT2D eigenvalue weighted by atomic mass is 9.41. The number of hydrogen-bond donors (Lipinski definition) is 3. The summed E-state index contributed by atoms with van der Waals surface area (Å²) in [5.41, 5.74) is 4.10. The third kappa shape index (κ3) is 3.68. The normalized spacial score (nSPS) is 52.0. The Hall–Kier alpha value is -1.38. The van der Waals surface area contributed by atoms with Crippen molar-refractivity contribution in [3.05, 3.63) is 0 Å². The molecule has 0 radical (unpaired) electrons. The smallest absolute Gasteiger partial charge is 0.404 e. The van der Waals surface area contributed by atoms with Crippen molar-refractivity contribution in [1.82, 2.24) is 0 Å². The maximum atomic E-state index is 12.4. The number of primary amides is 1. The third-order valence-corrected chi connectivity index (χ3v) is 14.4. The second kappa shape index (κ2) is 8.84. The van der Waals surface area contributed by atoms with Crippen molar-refractivity contribution in [1.29, 1.82) is 0 Å². The number of carbonyl (C=O) groups excluding carboxylic acids is 2. The summed E-state index contributed by atoms with van der Waals surface area (Å²) in [6, 6.07) is 0. The molecule has 0 aromatic rings. The second-order valence-corrected chi connectivity index (χ2v) is 16.7. The Labute approximate surface area is 245 Å². The highest BCUT2D eigenvalue weighted by Crippen LogP contribution is 2.89. The monoisotopic (exact) mass is 575 g/mol. The van der Waals surface area contributed by atoms with Gasteiger partial charge in [0.05, 0.1) is 23.9 Å². The number of aliphatic hydroxyl groups excluding tert-OH is 1. The topological polar surface area (TPSA) is 128 Å². The van der Waals surface area contributed by atoms with Gasteiger partial charge in [-0.2, -0.15) is 0 Å². The third-order valence-electron chi connectivity index (χ3n) is 14.4. The van der Waals surface area contributed by atoms with Gasteiger partial charge in [0.1, 0.15) is 6.10 Å². The van der Waals surface area contributed by atoms with Gasteiger partial charge in [-0.15, -0.1) is 0 Å². The van der Waals surface area contributed by atoms with Gasteiger partial charge in [0, 0.05) is 17.8 Å². The first-order valence-electron chi connectivity index (χ1n) is 16.1. The van der Waals surface area contributed by atoms with E-state index in [1.807, 2.05) is 0 Å². The number of carbonyl (C=O) groups is 2. The van der Waals surface area contributed by atoms with E-state index in [4.69, 9.17) is 19.9 Å². The first-order chi connectivity index (χ1) is 18.9. The number of hydrogen-bond acceptors (Lipinski definition) is 7. The molecule has 6 aliphatic rings. The second-order valence-electron chi connectivity index (χ2n) is 16.7. The van der Waals surface area contributed by atoms with E-state index >= 15 is 0 Å². The maximum Gasteiger partial charge on any atom is 0.404 e. The Morgan fingerprint density at radius 3 is 2.27 bits per heavy atom. The molecule has 13 atom stereocenters. The Balaban J connectivity index is 1.32. The van der Waals surface area contributed by atoms with Crippen LogP contribution >= 0.6 is 0 Å². The Morgan fingerprint density at radius 1 is 1.02 bits per heavy atom. The number of fused-ring (bicyclic) bond motifs is 4. The van der Waals surface area contributed by atoms with Crippen LogP contribution in [0.2, 0.25) is 0 Å². The molecule has 5 aliphatic carbocycles. The van der Waals surface area contributed by atoms with E-state index in [1.165, 1.54) is 19.8 Å². The Morgan fingerprint density at radius 2 is 1.66 bits per heavy atom. The zero-order chi connectivity index (χ0) is 30.1. The Kier molecular flexibility index (Phi) is 6.40. The molecule has 8 nitrogen and oxygen atoms in total. The summed E-state index contributed by atoms with van der Waals surface area (Å²) >= 11 is 0. The Bertz CT molecular complexity index is 1120. The number of esters is 1. The number of nitrogens with two attached hydrogens (primary N) is 1. The summed E-state index contributed by atoms with van der Waals surface area (Å²) in [7, 11) is 0. The summed E-state index contributed by atoms with van der Waals surface area (Å²) in [5.74, 6) is 0.863. The van der Waals surface area contributed by atoms with Gasteiger partial charge < -0.3 is 30.2 Å². The molecule has 0 aromatic carbocycles. The maximum absolute atomic E-state index is 12.4. The number of aliphatic hydroxyl groups is 2. The average Bonchev–Trinajstić information content (AvgIpc) is 3.48. The first-order valence-corrected chi connectivity index (χ1v) is 16.1. The summed E-state index contributed by atoms with van der Waals surface area (Å²) in [6.45, 7) is 16.2. The molecule has 0 aromatic heterocycles. The number of rotatable bonds is 4. The van der Waals surface area contributed by atoms with Crippen molar-refractivity contribution < 1.29 is 34.0 Å². The van der Waals surface area contributed by atoms with Gasteiger partial charge in [-0.05, 0) is 105 Å². The van der Waals surface area contributed by atoms with Crippen molar-refractivity contribution in [3.63, 3.8) is 0 Å². The zero-order valence-electron chi connectivity index (χ0n) is 26.4. The standard InChI is InChI=1S/C33H53NO7/c1-17-15-19(26(29(5,6)38)39-18(2)35)40-24-23(17)30(7)13-14-33-16-32(33)12-11-22(41-27(34)37)28(3,4)20(32)9-10-21(33)31(30,8)25(24)36/h17,19-26,36,38H,9-16H2,1-8H3,(H2,34,37)/t17-,19-,20+,21+,22+,23+,24+,25+,26+,30-,31-,32-,33+/m1/s1. The largest absolute Gasteiger partial charge is 0.457 e. The van der Waals surface area contributed by atoms with Gasteiger partial charge in [-0.25, -0.2) is 4.79 Å². The summed E-state index contributed by atoms with van der Waals surface area (Å²) in [6.07, 6.45) is 5.02. The van der Waals surface area contributed by atoms with Crippen LogP contribution in [0.1, 0.15) is 107 Å². The molecule has 2 spiro atoms. The van der Waals surface area contributed by atoms with Crippen LogP contribution in [0.15, 0.2) is 0 Å². The van der Waals surface area contributed by atoms with Gasteiger partial charge in [0.15, 0.2) is 6.10 Å². The van der Waals surface area contributed by atoms with Gasteiger partial charge in [0.2, 0.25) is 0 Å². The van der Waals surface area contributed by atoms with Crippen LogP contribution in [0.5, 0.6) is 0 Å². The minimum atomic E-state index is -1.26. The fourth-order valence-corrected chi connectivity index (χ4v) is 12.7. The van der Waals surface area contributed by atoms with E-state index < -0.39 is 36.0 Å². The van der Waals surface area contributed by atoms with Gasteiger partial charge in [-0.3, -0.25) is 4.79 Å². The quantitative estimate of drug-likeness (QED) is 0.404. The predicted molar refractivity (Wildman–Crippen MR) is 152 cm³/mol. The fourth-order valence-electron chi connectivity index (χ4n) is 12.7. The van der Waals surface area contributed by atoms with Crippen molar-refractivity contribution in [3.8, 4) is 0 Å². The molecular weight excluding hydrogens is 522 g/mol. The first kappa shape index (κ1) is 29.7. The molecule has 4 N–H and O–H groups in total. The van der Waals surface area contributed by atoms with Crippen LogP contribution in [-0.4, -0.2) is 58.4 Å². The molecule has 5 saturated carbocycles. The van der Waals surface area contributed by atoms with Crippen LogP contribution in [0.3, 0.4) is 0 Å². The fraction of sp³-hybridized carbons (Fsp3) is 0.939. The van der Waals surface area contributed by atoms with E-state index in [-0.39, 0.29) is 51.1 Å². The lowest BCUT2D eigenvalue weighted by Crippen LogP contribution is -2.60. The van der Waals surface area contributed by atoms with Gasteiger partial charge >= 0.3 is 12.1 Å². The molecule has 0 unspecified atom stereocenters.